The van der Waals surface area contributed by atoms with Crippen molar-refractivity contribution < 1.29 is 18.0 Å². The van der Waals surface area contributed by atoms with Crippen LogP contribution in [0.1, 0.15) is 18.9 Å². The maximum atomic E-state index is 12.6. The molecule has 0 radical (unpaired) electrons. The van der Waals surface area contributed by atoms with Gasteiger partial charge in [-0.1, -0.05) is 11.6 Å². The van der Waals surface area contributed by atoms with E-state index in [9.17, 15) is 18.0 Å². The van der Waals surface area contributed by atoms with E-state index in [0.29, 0.717) is 6.54 Å². The van der Waals surface area contributed by atoms with Gasteiger partial charge < -0.3 is 10.6 Å². The van der Waals surface area contributed by atoms with Crippen LogP contribution in [0.3, 0.4) is 0 Å². The average molecular weight is 295 g/mol. The van der Waals surface area contributed by atoms with Crippen LogP contribution in [0.5, 0.6) is 0 Å². The number of hydrogen-bond donors (Lipinski definition) is 2. The fourth-order valence-electron chi connectivity index (χ4n) is 1.46. The van der Waals surface area contributed by atoms with Crippen LogP contribution in [0.15, 0.2) is 18.2 Å². The van der Waals surface area contributed by atoms with Gasteiger partial charge in [-0.25, -0.2) is 0 Å². The fraction of sp³-hybridized carbons (Fsp3) is 0.417. The van der Waals surface area contributed by atoms with Crippen molar-refractivity contribution in [2.24, 2.45) is 0 Å². The van der Waals surface area contributed by atoms with E-state index in [1.54, 1.807) is 6.92 Å². The van der Waals surface area contributed by atoms with Crippen LogP contribution in [-0.2, 0) is 11.0 Å². The molecule has 0 unspecified atom stereocenters. The van der Waals surface area contributed by atoms with Crippen molar-refractivity contribution >= 4 is 23.2 Å². The van der Waals surface area contributed by atoms with Gasteiger partial charge in [0.15, 0.2) is 0 Å². The number of anilines is 1. The minimum absolute atomic E-state index is 0.153. The largest absolute Gasteiger partial charge is 0.417 e. The number of nitrogens with one attached hydrogen (secondary N) is 2. The van der Waals surface area contributed by atoms with E-state index >= 15 is 0 Å². The highest BCUT2D eigenvalue weighted by Gasteiger charge is 2.33. The maximum Gasteiger partial charge on any atom is 0.417 e. The Kier molecular flexibility index (Phi) is 5.47. The van der Waals surface area contributed by atoms with Crippen molar-refractivity contribution in [3.8, 4) is 0 Å². The monoisotopic (exact) mass is 294 g/mol. The molecule has 0 saturated carbocycles. The zero-order valence-corrected chi connectivity index (χ0v) is 11.0. The highest BCUT2D eigenvalue weighted by molar-refractivity contribution is 6.31. The van der Waals surface area contributed by atoms with Crippen LogP contribution in [0.2, 0.25) is 5.02 Å². The second-order valence-corrected chi connectivity index (χ2v) is 4.23. The van der Waals surface area contributed by atoms with Gasteiger partial charge in [-0.3, -0.25) is 4.79 Å². The predicted octanol–water partition coefficient (Wildman–Crippen LogP) is 3.30. The summed E-state index contributed by atoms with van der Waals surface area (Å²) in [6, 6.07) is 3.55. The summed E-state index contributed by atoms with van der Waals surface area (Å²) in [6.07, 6.45) is -4.30. The van der Waals surface area contributed by atoms with Crippen molar-refractivity contribution in [1.82, 2.24) is 5.32 Å². The summed E-state index contributed by atoms with van der Waals surface area (Å²) in [7, 11) is 0. The Balaban J connectivity index is 2.63. The molecule has 106 valence electrons. The zero-order valence-electron chi connectivity index (χ0n) is 10.3. The van der Waals surface area contributed by atoms with E-state index in [1.807, 2.05) is 0 Å². The van der Waals surface area contributed by atoms with E-state index in [2.05, 4.69) is 10.6 Å². The lowest BCUT2D eigenvalue weighted by Gasteiger charge is -2.12. The molecule has 0 saturated heterocycles. The summed E-state index contributed by atoms with van der Waals surface area (Å²) in [5, 5.41) is 5.01. The summed E-state index contributed by atoms with van der Waals surface area (Å²) in [6.45, 7) is 2.57. The van der Waals surface area contributed by atoms with Gasteiger partial charge in [0, 0.05) is 25.2 Å². The first-order chi connectivity index (χ1) is 8.84. The van der Waals surface area contributed by atoms with Gasteiger partial charge in [-0.2, -0.15) is 13.2 Å². The van der Waals surface area contributed by atoms with E-state index in [1.165, 1.54) is 12.1 Å². The maximum absolute atomic E-state index is 12.6. The third kappa shape index (κ3) is 4.98. The second kappa shape index (κ2) is 6.65. The molecule has 0 aliphatic carbocycles. The Morgan fingerprint density at radius 2 is 2.05 bits per heavy atom. The summed E-state index contributed by atoms with van der Waals surface area (Å²) < 4.78 is 37.8. The highest BCUT2D eigenvalue weighted by Crippen LogP contribution is 2.36. The molecular weight excluding hydrogens is 281 g/mol. The molecule has 0 atom stereocenters. The number of alkyl halides is 3. The molecule has 0 bridgehead atoms. The van der Waals surface area contributed by atoms with E-state index in [0.717, 1.165) is 6.07 Å². The first-order valence-electron chi connectivity index (χ1n) is 5.72. The lowest BCUT2D eigenvalue weighted by molar-refractivity contribution is -0.137. The molecule has 19 heavy (non-hydrogen) atoms. The summed E-state index contributed by atoms with van der Waals surface area (Å²) in [4.78, 5) is 11.2. The molecular formula is C12H14ClF3N2O. The quantitative estimate of drug-likeness (QED) is 0.875. The lowest BCUT2D eigenvalue weighted by atomic mass is 10.2. The van der Waals surface area contributed by atoms with Crippen LogP contribution in [0.25, 0.3) is 0 Å². The van der Waals surface area contributed by atoms with Gasteiger partial charge in [-0.05, 0) is 25.1 Å². The normalized spacial score (nSPS) is 11.2. The van der Waals surface area contributed by atoms with Crippen LogP contribution in [0, 0.1) is 0 Å². The van der Waals surface area contributed by atoms with Gasteiger partial charge in [-0.15, -0.1) is 0 Å². The molecule has 1 aromatic rings. The van der Waals surface area contributed by atoms with Crippen molar-refractivity contribution in [3.63, 3.8) is 0 Å². The predicted molar refractivity (Wildman–Crippen MR) is 68.2 cm³/mol. The molecule has 1 aromatic carbocycles. The van der Waals surface area contributed by atoms with Crippen LogP contribution in [-0.4, -0.2) is 19.0 Å². The van der Waals surface area contributed by atoms with Gasteiger partial charge in [0.25, 0.3) is 0 Å². The lowest BCUT2D eigenvalue weighted by Crippen LogP contribution is -2.24. The smallest absolute Gasteiger partial charge is 0.385 e. The second-order valence-electron chi connectivity index (χ2n) is 3.82. The Morgan fingerprint density at radius 1 is 1.37 bits per heavy atom. The van der Waals surface area contributed by atoms with Crippen molar-refractivity contribution in [2.75, 3.05) is 18.4 Å². The van der Waals surface area contributed by atoms with Gasteiger partial charge in [0.1, 0.15) is 0 Å². The molecule has 2 N–H and O–H groups in total. The summed E-state index contributed by atoms with van der Waals surface area (Å²) in [5.41, 5.74) is -0.613. The number of rotatable bonds is 5. The van der Waals surface area contributed by atoms with Gasteiger partial charge in [0.2, 0.25) is 5.91 Å². The SMILES string of the molecule is CCNC(=O)CCNc1ccc(Cl)c(C(F)(F)F)c1. The molecule has 0 spiro atoms. The fourth-order valence-corrected chi connectivity index (χ4v) is 1.68. The Morgan fingerprint density at radius 3 is 2.63 bits per heavy atom. The topological polar surface area (TPSA) is 41.1 Å². The minimum Gasteiger partial charge on any atom is -0.385 e. The molecule has 0 aliphatic heterocycles. The standard InChI is InChI=1S/C12H14ClF3N2O/c1-2-17-11(19)5-6-18-8-3-4-10(13)9(7-8)12(14,15)16/h3-4,7,18H,2,5-6H2,1H3,(H,17,19). The third-order valence-electron chi connectivity index (χ3n) is 2.33. The first-order valence-corrected chi connectivity index (χ1v) is 6.09. The highest BCUT2D eigenvalue weighted by atomic mass is 35.5. The number of hydrogen-bond acceptors (Lipinski definition) is 2. The molecule has 0 fully saturated rings. The van der Waals surface area contributed by atoms with Crippen molar-refractivity contribution in [2.45, 2.75) is 19.5 Å². The molecule has 3 nitrogen and oxygen atoms in total. The Labute approximate surface area is 114 Å². The van der Waals surface area contributed by atoms with Gasteiger partial charge in [0.05, 0.1) is 10.6 Å². The molecule has 1 rings (SSSR count). The van der Waals surface area contributed by atoms with E-state index in [-0.39, 0.29) is 29.6 Å². The zero-order chi connectivity index (χ0) is 14.5. The number of halogens is 4. The van der Waals surface area contributed by atoms with Gasteiger partial charge >= 0.3 is 6.18 Å². The molecule has 7 heteroatoms. The number of carbonyl (C=O) groups is 1. The summed E-state index contributed by atoms with van der Waals surface area (Å²) >= 11 is 5.49. The van der Waals surface area contributed by atoms with E-state index in [4.69, 9.17) is 11.6 Å². The Hall–Kier alpha value is -1.43. The van der Waals surface area contributed by atoms with Crippen LogP contribution >= 0.6 is 11.6 Å². The average Bonchev–Trinajstić information content (AvgIpc) is 2.30. The number of benzene rings is 1. The number of carbonyl (C=O) groups excluding carboxylic acids is 1. The molecule has 1 amide bonds. The third-order valence-corrected chi connectivity index (χ3v) is 2.66. The number of amides is 1. The molecule has 0 aromatic heterocycles. The molecule has 0 heterocycles. The first kappa shape index (κ1) is 15.6. The Bertz CT molecular complexity index is 449. The van der Waals surface area contributed by atoms with Crippen molar-refractivity contribution in [1.29, 1.82) is 0 Å². The molecule has 0 aliphatic rings. The minimum atomic E-state index is -4.49. The summed E-state index contributed by atoms with van der Waals surface area (Å²) in [5.74, 6) is -0.153. The van der Waals surface area contributed by atoms with Crippen LogP contribution in [0.4, 0.5) is 18.9 Å². The van der Waals surface area contributed by atoms with E-state index < -0.39 is 11.7 Å². The van der Waals surface area contributed by atoms with Crippen molar-refractivity contribution in [3.05, 3.63) is 28.8 Å². The van der Waals surface area contributed by atoms with Crippen LogP contribution < -0.4 is 10.6 Å².